The molecule has 1 aromatic carbocycles. The maximum atomic E-state index is 4.59. The molecule has 1 saturated heterocycles. The van der Waals surface area contributed by atoms with Gasteiger partial charge in [-0.25, -0.2) is 14.6 Å². The summed E-state index contributed by atoms with van der Waals surface area (Å²) in [5, 5.41) is 8.98. The van der Waals surface area contributed by atoms with E-state index in [2.05, 4.69) is 68.4 Å². The third-order valence-electron chi connectivity index (χ3n) is 4.86. The average molecular weight is 351 g/mol. The van der Waals surface area contributed by atoms with E-state index in [1.807, 2.05) is 10.9 Å². The lowest BCUT2D eigenvalue weighted by molar-refractivity contribution is 0.312. The smallest absolute Gasteiger partial charge is 0.163 e. The monoisotopic (exact) mass is 351 g/mol. The molecule has 3 aromatic rings. The van der Waals surface area contributed by atoms with Crippen LogP contribution in [0.1, 0.15) is 12.5 Å². The summed E-state index contributed by atoms with van der Waals surface area (Å²) >= 11 is 0. The number of aromatic nitrogens is 4. The summed E-state index contributed by atoms with van der Waals surface area (Å²) in [6.07, 6.45) is 3.56. The molecule has 0 amide bonds. The zero-order valence-corrected chi connectivity index (χ0v) is 15.4. The van der Waals surface area contributed by atoms with E-state index in [1.165, 1.54) is 5.56 Å². The minimum Gasteiger partial charge on any atom is -0.385 e. The number of anilines is 2. The lowest BCUT2D eigenvalue weighted by atomic mass is 10.2. The highest BCUT2D eigenvalue weighted by Crippen LogP contribution is 2.24. The van der Waals surface area contributed by atoms with Crippen molar-refractivity contribution in [3.8, 4) is 0 Å². The molecule has 7 nitrogen and oxygen atoms in total. The van der Waals surface area contributed by atoms with Crippen molar-refractivity contribution >= 4 is 22.5 Å². The van der Waals surface area contributed by atoms with Gasteiger partial charge in [0.2, 0.25) is 0 Å². The van der Waals surface area contributed by atoms with Crippen LogP contribution in [0.2, 0.25) is 0 Å². The third kappa shape index (κ3) is 3.35. The highest BCUT2D eigenvalue weighted by molar-refractivity contribution is 5.86. The fraction of sp³-hybridized carbons (Fsp3) is 0.421. The molecular weight excluding hydrogens is 326 g/mol. The molecule has 1 fully saturated rings. The van der Waals surface area contributed by atoms with Gasteiger partial charge in [-0.1, -0.05) is 12.1 Å². The van der Waals surface area contributed by atoms with Gasteiger partial charge in [0.05, 0.1) is 18.1 Å². The fourth-order valence-electron chi connectivity index (χ4n) is 3.42. The van der Waals surface area contributed by atoms with Gasteiger partial charge in [-0.2, -0.15) is 5.10 Å². The summed E-state index contributed by atoms with van der Waals surface area (Å²) in [4.78, 5) is 13.7. The number of fused-ring (bicyclic) bond motifs is 1. The molecule has 0 unspecified atom stereocenters. The van der Waals surface area contributed by atoms with E-state index < -0.39 is 0 Å². The summed E-state index contributed by atoms with van der Waals surface area (Å²) < 4.78 is 1.96. The molecule has 0 bridgehead atoms. The number of rotatable bonds is 5. The van der Waals surface area contributed by atoms with Crippen molar-refractivity contribution in [2.24, 2.45) is 0 Å². The van der Waals surface area contributed by atoms with E-state index in [4.69, 9.17) is 0 Å². The van der Waals surface area contributed by atoms with Crippen LogP contribution in [0.3, 0.4) is 0 Å². The fourth-order valence-corrected chi connectivity index (χ4v) is 3.42. The van der Waals surface area contributed by atoms with Gasteiger partial charge >= 0.3 is 0 Å². The predicted molar refractivity (Wildman–Crippen MR) is 105 cm³/mol. The molecule has 0 radical (unpaired) electrons. The molecule has 0 spiro atoms. The second kappa shape index (κ2) is 7.29. The lowest BCUT2D eigenvalue weighted by Gasteiger charge is -2.33. The Balaban J connectivity index is 1.61. The Bertz CT molecular complexity index is 880. The number of hydrogen-bond donors (Lipinski definition) is 1. The predicted octanol–water partition coefficient (Wildman–Crippen LogP) is 2.06. The number of benzene rings is 1. The van der Waals surface area contributed by atoms with E-state index in [-0.39, 0.29) is 0 Å². The lowest BCUT2D eigenvalue weighted by Crippen LogP contribution is -2.44. The molecule has 1 aliphatic heterocycles. The summed E-state index contributed by atoms with van der Waals surface area (Å²) in [7, 11) is 2.16. The number of nitrogens with zero attached hydrogens (tertiary/aromatic N) is 6. The zero-order valence-electron chi connectivity index (χ0n) is 15.4. The number of nitrogens with one attached hydrogen (secondary N) is 1. The Hall–Kier alpha value is -2.67. The van der Waals surface area contributed by atoms with Gasteiger partial charge in [0.1, 0.15) is 12.1 Å². The van der Waals surface area contributed by atoms with Crippen LogP contribution in [-0.4, -0.2) is 64.4 Å². The van der Waals surface area contributed by atoms with Crippen LogP contribution < -0.4 is 10.2 Å². The standard InChI is InChI=1S/C19H25N7/c1-3-20-16-6-4-5-15(11-16)13-26-19-17(12-23-26)18(21-14-22-19)25-9-7-24(2)8-10-25/h4-6,11-12,14,20H,3,7-10,13H2,1-2H3. The van der Waals surface area contributed by atoms with Crippen molar-refractivity contribution in [2.75, 3.05) is 50.0 Å². The van der Waals surface area contributed by atoms with Crippen molar-refractivity contribution in [3.63, 3.8) is 0 Å². The van der Waals surface area contributed by atoms with Crippen LogP contribution in [0, 0.1) is 0 Å². The van der Waals surface area contributed by atoms with Crippen molar-refractivity contribution in [1.29, 1.82) is 0 Å². The normalized spacial score (nSPS) is 15.5. The molecule has 0 aliphatic carbocycles. The van der Waals surface area contributed by atoms with Gasteiger partial charge in [0.25, 0.3) is 0 Å². The molecule has 4 rings (SSSR count). The quantitative estimate of drug-likeness (QED) is 0.759. The molecule has 2 aromatic heterocycles. The van der Waals surface area contributed by atoms with Crippen LogP contribution in [0.15, 0.2) is 36.8 Å². The molecule has 136 valence electrons. The van der Waals surface area contributed by atoms with Crippen molar-refractivity contribution in [3.05, 3.63) is 42.4 Å². The van der Waals surface area contributed by atoms with Gasteiger partial charge in [0.15, 0.2) is 5.65 Å². The first-order valence-corrected chi connectivity index (χ1v) is 9.17. The molecular formula is C19H25N7. The zero-order chi connectivity index (χ0) is 17.9. The first-order valence-electron chi connectivity index (χ1n) is 9.17. The second-order valence-corrected chi connectivity index (χ2v) is 6.76. The minimum absolute atomic E-state index is 0.696. The van der Waals surface area contributed by atoms with Crippen molar-refractivity contribution in [1.82, 2.24) is 24.6 Å². The molecule has 0 saturated carbocycles. The first-order chi connectivity index (χ1) is 12.7. The van der Waals surface area contributed by atoms with Crippen molar-refractivity contribution < 1.29 is 0 Å². The SMILES string of the molecule is CCNc1cccc(Cn2ncc3c(N4CCN(C)CC4)ncnc32)c1. The average Bonchev–Trinajstić information content (AvgIpc) is 3.06. The van der Waals surface area contributed by atoms with E-state index in [9.17, 15) is 0 Å². The molecule has 7 heteroatoms. The highest BCUT2D eigenvalue weighted by Gasteiger charge is 2.19. The van der Waals surface area contributed by atoms with Gasteiger partial charge in [-0.05, 0) is 31.7 Å². The Morgan fingerprint density at radius 2 is 1.96 bits per heavy atom. The van der Waals surface area contributed by atoms with E-state index in [1.54, 1.807) is 6.33 Å². The Morgan fingerprint density at radius 3 is 2.77 bits per heavy atom. The van der Waals surface area contributed by atoms with Crippen LogP contribution in [0.5, 0.6) is 0 Å². The highest BCUT2D eigenvalue weighted by atomic mass is 15.3. The maximum Gasteiger partial charge on any atom is 0.163 e. The third-order valence-corrected chi connectivity index (χ3v) is 4.86. The molecule has 0 atom stereocenters. The number of piperazine rings is 1. The Kier molecular flexibility index (Phi) is 4.71. The number of likely N-dealkylation sites (N-methyl/N-ethyl adjacent to an activating group) is 1. The Labute approximate surface area is 153 Å². The summed E-state index contributed by atoms with van der Waals surface area (Å²) in [5.74, 6) is 0.996. The summed E-state index contributed by atoms with van der Waals surface area (Å²) in [5.41, 5.74) is 3.23. The first kappa shape index (κ1) is 16.8. The topological polar surface area (TPSA) is 62.1 Å². The van der Waals surface area contributed by atoms with Crippen LogP contribution in [0.25, 0.3) is 11.0 Å². The maximum absolute atomic E-state index is 4.59. The van der Waals surface area contributed by atoms with Gasteiger partial charge in [-0.15, -0.1) is 0 Å². The number of hydrogen-bond acceptors (Lipinski definition) is 6. The van der Waals surface area contributed by atoms with E-state index in [0.717, 1.165) is 55.3 Å². The minimum atomic E-state index is 0.696. The van der Waals surface area contributed by atoms with Crippen molar-refractivity contribution in [2.45, 2.75) is 13.5 Å². The summed E-state index contributed by atoms with van der Waals surface area (Å²) in [6, 6.07) is 8.45. The van der Waals surface area contributed by atoms with Crippen LogP contribution >= 0.6 is 0 Å². The molecule has 26 heavy (non-hydrogen) atoms. The van der Waals surface area contributed by atoms with Crippen LogP contribution in [0.4, 0.5) is 11.5 Å². The molecule has 1 aliphatic rings. The van der Waals surface area contributed by atoms with Gasteiger partial charge < -0.3 is 15.1 Å². The second-order valence-electron chi connectivity index (χ2n) is 6.76. The molecule has 1 N–H and O–H groups in total. The van der Waals surface area contributed by atoms with E-state index >= 15 is 0 Å². The molecule has 3 heterocycles. The van der Waals surface area contributed by atoms with Gasteiger partial charge in [-0.3, -0.25) is 0 Å². The van der Waals surface area contributed by atoms with Crippen LogP contribution in [-0.2, 0) is 6.54 Å². The summed E-state index contributed by atoms with van der Waals surface area (Å²) in [6.45, 7) is 7.78. The largest absolute Gasteiger partial charge is 0.385 e. The van der Waals surface area contributed by atoms with Gasteiger partial charge in [0, 0.05) is 38.4 Å². The Morgan fingerprint density at radius 1 is 1.12 bits per heavy atom. The van der Waals surface area contributed by atoms with E-state index in [0.29, 0.717) is 6.54 Å².